The zero-order chi connectivity index (χ0) is 28.2. The molecule has 0 unspecified atom stereocenters. The molecular weight excluding hydrogens is 565 g/mol. The molecule has 1 aliphatic rings. The minimum Gasteiger partial charge on any atom is -0.467 e. The maximum atomic E-state index is 13.0. The Morgan fingerprint density at radius 1 is 0.842 bits per heavy atom. The summed E-state index contributed by atoms with van der Waals surface area (Å²) >= 11 is 17.2. The number of hydrogen-bond acceptors (Lipinski definition) is 10. The summed E-state index contributed by atoms with van der Waals surface area (Å²) < 4.78 is 24.2. The second kappa shape index (κ2) is 12.3. The van der Waals surface area contributed by atoms with Gasteiger partial charge in [-0.15, -0.1) is 0 Å². The fourth-order valence-corrected chi connectivity index (χ4v) is 3.57. The Labute approximate surface area is 233 Å². The molecule has 2 aromatic carbocycles. The first-order chi connectivity index (χ1) is 17.8. The number of aliphatic hydroxyl groups is 1. The van der Waals surface area contributed by atoms with E-state index < -0.39 is 58.3 Å². The highest BCUT2D eigenvalue weighted by molar-refractivity contribution is 6.76. The third-order valence-electron chi connectivity index (χ3n) is 5.51. The molecule has 10 nitrogen and oxygen atoms in total. The van der Waals surface area contributed by atoms with Gasteiger partial charge >= 0.3 is 17.9 Å². The molecule has 204 valence electrons. The van der Waals surface area contributed by atoms with Gasteiger partial charge in [-0.3, -0.25) is 5.41 Å². The van der Waals surface area contributed by atoms with Crippen LogP contribution < -0.4 is 0 Å². The molecule has 2 N–H and O–H groups in total. The number of hydrogen-bond donors (Lipinski definition) is 2. The standard InChI is InChI=1S/C25H24Cl3NO9/c1-12-4-8-14(9-5-12)20(31)35-17-16(30)18(22(33)34-3)37-23(38-24(29)25(26,27)28)19(17)36-21(32)15-10-6-13(2)7-11-15/h4-11,16-19,23,29-30H,1-3H3/t16-,17-,18-,19+,23+/m0/s1. The van der Waals surface area contributed by atoms with Crippen molar-refractivity contribution in [2.45, 2.75) is 48.3 Å². The number of benzene rings is 2. The number of nitrogens with one attached hydrogen (secondary N) is 1. The summed E-state index contributed by atoms with van der Waals surface area (Å²) in [6.45, 7) is 3.64. The Bertz CT molecular complexity index is 1180. The zero-order valence-electron chi connectivity index (χ0n) is 20.4. The largest absolute Gasteiger partial charge is 0.467 e. The van der Waals surface area contributed by atoms with Gasteiger partial charge in [-0.25, -0.2) is 14.4 Å². The maximum Gasteiger partial charge on any atom is 0.338 e. The van der Waals surface area contributed by atoms with Crippen LogP contribution in [0, 0.1) is 19.3 Å². The second-order valence-corrected chi connectivity index (χ2v) is 10.6. The Kier molecular flexibility index (Phi) is 9.61. The molecule has 1 fully saturated rings. The van der Waals surface area contributed by atoms with Gasteiger partial charge in [0.2, 0.25) is 18.3 Å². The molecule has 5 atom stereocenters. The van der Waals surface area contributed by atoms with Crippen LogP contribution in [-0.4, -0.2) is 70.5 Å². The topological polar surface area (TPSA) is 141 Å². The van der Waals surface area contributed by atoms with Gasteiger partial charge in [0.05, 0.1) is 18.2 Å². The summed E-state index contributed by atoms with van der Waals surface area (Å²) in [5, 5.41) is 18.9. The molecule has 0 bridgehead atoms. The lowest BCUT2D eigenvalue weighted by atomic mass is 9.98. The van der Waals surface area contributed by atoms with Crippen molar-refractivity contribution in [3.63, 3.8) is 0 Å². The molecule has 0 aromatic heterocycles. The fourth-order valence-electron chi connectivity index (χ4n) is 3.43. The van der Waals surface area contributed by atoms with Crippen molar-refractivity contribution in [1.82, 2.24) is 0 Å². The average molecular weight is 589 g/mol. The van der Waals surface area contributed by atoms with Crippen LogP contribution in [0.1, 0.15) is 31.8 Å². The van der Waals surface area contributed by atoms with Crippen molar-refractivity contribution in [3.8, 4) is 0 Å². The van der Waals surface area contributed by atoms with Gasteiger partial charge < -0.3 is 28.8 Å². The Morgan fingerprint density at radius 3 is 1.71 bits per heavy atom. The molecule has 13 heteroatoms. The summed E-state index contributed by atoms with van der Waals surface area (Å²) in [6, 6.07) is 12.6. The summed E-state index contributed by atoms with van der Waals surface area (Å²) in [5.74, 6) is -3.84. The van der Waals surface area contributed by atoms with Crippen LogP contribution in [0.5, 0.6) is 0 Å². The van der Waals surface area contributed by atoms with E-state index in [1.165, 1.54) is 24.3 Å². The van der Waals surface area contributed by atoms with E-state index in [1.54, 1.807) is 24.3 Å². The summed E-state index contributed by atoms with van der Waals surface area (Å²) in [5.41, 5.74) is 1.97. The van der Waals surface area contributed by atoms with Crippen LogP contribution in [-0.2, 0) is 28.5 Å². The van der Waals surface area contributed by atoms with E-state index in [4.69, 9.17) is 59.2 Å². The van der Waals surface area contributed by atoms with Crippen molar-refractivity contribution >= 4 is 58.6 Å². The van der Waals surface area contributed by atoms with Crippen molar-refractivity contribution in [2.75, 3.05) is 7.11 Å². The van der Waals surface area contributed by atoms with Gasteiger partial charge in [-0.1, -0.05) is 70.2 Å². The van der Waals surface area contributed by atoms with Crippen LogP contribution >= 0.6 is 34.8 Å². The van der Waals surface area contributed by atoms with Crippen LogP contribution in [0.4, 0.5) is 0 Å². The summed E-state index contributed by atoms with van der Waals surface area (Å²) in [6.07, 6.45) is -8.95. The number of aliphatic hydroxyl groups excluding tert-OH is 1. The van der Waals surface area contributed by atoms with E-state index in [1.807, 2.05) is 13.8 Å². The van der Waals surface area contributed by atoms with Crippen molar-refractivity contribution in [1.29, 1.82) is 5.41 Å². The number of esters is 3. The lowest BCUT2D eigenvalue weighted by molar-refractivity contribution is -0.274. The number of halogens is 3. The molecule has 2 aromatic rings. The predicted molar refractivity (Wildman–Crippen MR) is 137 cm³/mol. The van der Waals surface area contributed by atoms with E-state index >= 15 is 0 Å². The van der Waals surface area contributed by atoms with E-state index in [-0.39, 0.29) is 11.1 Å². The molecule has 1 heterocycles. The predicted octanol–water partition coefficient (Wildman–Crippen LogP) is 3.68. The van der Waals surface area contributed by atoms with E-state index in [0.717, 1.165) is 18.2 Å². The highest BCUT2D eigenvalue weighted by Gasteiger charge is 2.54. The number of carbonyl (C=O) groups excluding carboxylic acids is 3. The quantitative estimate of drug-likeness (QED) is 0.170. The molecule has 0 amide bonds. The van der Waals surface area contributed by atoms with Crippen molar-refractivity contribution in [3.05, 3.63) is 70.8 Å². The Hall–Kier alpha value is -2.89. The number of rotatable bonds is 6. The molecule has 0 radical (unpaired) electrons. The molecule has 1 saturated heterocycles. The summed E-state index contributed by atoms with van der Waals surface area (Å²) in [7, 11) is 1.04. The van der Waals surface area contributed by atoms with E-state index in [0.29, 0.717) is 0 Å². The highest BCUT2D eigenvalue weighted by atomic mass is 35.6. The van der Waals surface area contributed by atoms with Gasteiger partial charge in [-0.05, 0) is 38.1 Å². The highest BCUT2D eigenvalue weighted by Crippen LogP contribution is 2.33. The fraction of sp³-hybridized carbons (Fsp3) is 0.360. The molecule has 0 saturated carbocycles. The van der Waals surface area contributed by atoms with Crippen molar-refractivity contribution < 1.29 is 43.2 Å². The van der Waals surface area contributed by atoms with Crippen LogP contribution in [0.2, 0.25) is 0 Å². The number of alkyl halides is 3. The monoisotopic (exact) mass is 587 g/mol. The van der Waals surface area contributed by atoms with Gasteiger partial charge in [0.25, 0.3) is 3.79 Å². The molecular formula is C25H24Cl3NO9. The minimum atomic E-state index is -2.36. The lowest BCUT2D eigenvalue weighted by Gasteiger charge is -2.42. The molecule has 0 aliphatic carbocycles. The Morgan fingerprint density at radius 2 is 1.29 bits per heavy atom. The van der Waals surface area contributed by atoms with Gasteiger partial charge in [0, 0.05) is 0 Å². The molecule has 0 spiro atoms. The van der Waals surface area contributed by atoms with Crippen LogP contribution in [0.25, 0.3) is 0 Å². The van der Waals surface area contributed by atoms with E-state index in [9.17, 15) is 19.5 Å². The van der Waals surface area contributed by atoms with Crippen molar-refractivity contribution in [2.24, 2.45) is 0 Å². The van der Waals surface area contributed by atoms with E-state index in [2.05, 4.69) is 4.74 Å². The first kappa shape index (κ1) is 29.7. The Balaban J connectivity index is 2.01. The van der Waals surface area contributed by atoms with Gasteiger partial charge in [0.15, 0.2) is 12.2 Å². The smallest absolute Gasteiger partial charge is 0.338 e. The van der Waals surface area contributed by atoms with Gasteiger partial charge in [0.1, 0.15) is 6.10 Å². The maximum absolute atomic E-state index is 13.0. The number of ether oxygens (including phenoxy) is 5. The molecule has 3 rings (SSSR count). The number of methoxy groups -OCH3 is 1. The first-order valence-electron chi connectivity index (χ1n) is 11.1. The zero-order valence-corrected chi connectivity index (χ0v) is 22.6. The minimum absolute atomic E-state index is 0.110. The number of aryl methyl sites for hydroxylation is 2. The summed E-state index contributed by atoms with van der Waals surface area (Å²) in [4.78, 5) is 38.3. The van der Waals surface area contributed by atoms with Gasteiger partial charge in [-0.2, -0.15) is 0 Å². The first-order valence-corrected chi connectivity index (χ1v) is 12.2. The van der Waals surface area contributed by atoms with Crippen LogP contribution in [0.3, 0.4) is 0 Å². The van der Waals surface area contributed by atoms with Crippen LogP contribution in [0.15, 0.2) is 48.5 Å². The number of carbonyl (C=O) groups is 3. The lowest BCUT2D eigenvalue weighted by Crippen LogP contribution is -2.63. The second-order valence-electron chi connectivity index (χ2n) is 8.36. The third-order valence-corrected chi connectivity index (χ3v) is 6.02. The molecule has 38 heavy (non-hydrogen) atoms. The third kappa shape index (κ3) is 7.15. The molecule has 1 aliphatic heterocycles. The SMILES string of the molecule is COC(=O)[C@H]1O[C@H](OC(=N)C(Cl)(Cl)Cl)[C@H](OC(=O)c2ccc(C)cc2)[C@@H](OC(=O)c2ccc(C)cc2)[C@@H]1O. The average Bonchev–Trinajstić information content (AvgIpc) is 2.87. The normalized spacial score (nSPS) is 23.2.